The smallest absolute Gasteiger partial charge is 0.258 e. The molecule has 0 radical (unpaired) electrons. The van der Waals surface area contributed by atoms with E-state index in [1.165, 1.54) is 18.2 Å². The van der Waals surface area contributed by atoms with Crippen LogP contribution in [0.15, 0.2) is 41.3 Å². The average molecular weight is 480 g/mol. The van der Waals surface area contributed by atoms with Gasteiger partial charge in [0, 0.05) is 23.1 Å². The number of carbonyl (C=O) groups excluding carboxylic acids is 1. The Morgan fingerprint density at radius 2 is 1.79 bits per heavy atom. The number of carbonyl (C=O) groups is 1. The van der Waals surface area contributed by atoms with Gasteiger partial charge in [-0.2, -0.15) is 0 Å². The molecule has 0 unspecified atom stereocenters. The number of hydrogen-bond donors (Lipinski definition) is 2. The van der Waals surface area contributed by atoms with Crippen molar-refractivity contribution in [1.29, 1.82) is 0 Å². The molecule has 0 saturated carbocycles. The van der Waals surface area contributed by atoms with Crippen molar-refractivity contribution >= 4 is 50.7 Å². The fourth-order valence-electron chi connectivity index (χ4n) is 2.18. The van der Waals surface area contributed by atoms with Crippen LogP contribution in [0.3, 0.4) is 0 Å². The van der Waals surface area contributed by atoms with Gasteiger partial charge in [0.1, 0.15) is 5.75 Å². The number of ether oxygens (including phenoxy) is 1. The maximum absolute atomic E-state index is 12.2. The summed E-state index contributed by atoms with van der Waals surface area (Å²) < 4.78 is 32.4. The Kier molecular flexibility index (Phi) is 8.60. The predicted molar refractivity (Wildman–Crippen MR) is 115 cm³/mol. The minimum Gasteiger partial charge on any atom is -0.482 e. The van der Waals surface area contributed by atoms with E-state index < -0.39 is 10.0 Å². The first-order valence-corrected chi connectivity index (χ1v) is 11.3. The fraction of sp³-hybridized carbons (Fsp3) is 0.316. The second-order valence-corrected chi connectivity index (χ2v) is 9.66. The van der Waals surface area contributed by atoms with E-state index in [1.807, 2.05) is 13.8 Å². The molecule has 10 heteroatoms. The molecule has 0 atom stereocenters. The lowest BCUT2D eigenvalue weighted by Crippen LogP contribution is -2.28. The van der Waals surface area contributed by atoms with Gasteiger partial charge in [-0.25, -0.2) is 13.1 Å². The third kappa shape index (κ3) is 7.35. The standard InChI is InChI=1S/C19H21Cl3N2O4S/c1-12(2)9-24-29(26,27)15-5-6-18(17(22)8-15)28-11-19(25)23-10-13-3-4-14(20)7-16(13)21/h3-8,12,24H,9-11H2,1-2H3,(H,23,25). The van der Waals surface area contributed by atoms with Gasteiger partial charge in [-0.3, -0.25) is 4.79 Å². The van der Waals surface area contributed by atoms with E-state index in [0.717, 1.165) is 0 Å². The van der Waals surface area contributed by atoms with Crippen LogP contribution < -0.4 is 14.8 Å². The summed E-state index contributed by atoms with van der Waals surface area (Å²) in [5, 5.41) is 3.72. The van der Waals surface area contributed by atoms with Crippen molar-refractivity contribution in [2.45, 2.75) is 25.3 Å². The number of nitrogens with one attached hydrogen (secondary N) is 2. The van der Waals surface area contributed by atoms with Gasteiger partial charge in [-0.1, -0.05) is 54.7 Å². The van der Waals surface area contributed by atoms with Crippen LogP contribution >= 0.6 is 34.8 Å². The molecule has 158 valence electrons. The first-order chi connectivity index (χ1) is 13.6. The Morgan fingerprint density at radius 1 is 1.07 bits per heavy atom. The van der Waals surface area contributed by atoms with E-state index in [-0.39, 0.29) is 40.6 Å². The molecule has 6 nitrogen and oxygen atoms in total. The van der Waals surface area contributed by atoms with Gasteiger partial charge in [0.25, 0.3) is 5.91 Å². The van der Waals surface area contributed by atoms with Gasteiger partial charge >= 0.3 is 0 Å². The Labute approximate surface area is 185 Å². The van der Waals surface area contributed by atoms with Crippen molar-refractivity contribution in [3.63, 3.8) is 0 Å². The topological polar surface area (TPSA) is 84.5 Å². The molecule has 2 aromatic rings. The van der Waals surface area contributed by atoms with Crippen LogP contribution in [0.25, 0.3) is 0 Å². The molecule has 0 aliphatic carbocycles. The molecule has 0 fully saturated rings. The van der Waals surface area contributed by atoms with E-state index in [9.17, 15) is 13.2 Å². The number of hydrogen-bond acceptors (Lipinski definition) is 4. The number of sulfonamides is 1. The van der Waals surface area contributed by atoms with Crippen LogP contribution in [0.4, 0.5) is 0 Å². The van der Waals surface area contributed by atoms with E-state index >= 15 is 0 Å². The lowest BCUT2D eigenvalue weighted by atomic mass is 10.2. The molecule has 2 aromatic carbocycles. The molecule has 2 N–H and O–H groups in total. The Balaban J connectivity index is 1.92. The third-order valence-corrected chi connectivity index (χ3v) is 6.05. The SMILES string of the molecule is CC(C)CNS(=O)(=O)c1ccc(OCC(=O)NCc2ccc(Cl)cc2Cl)c(Cl)c1. The zero-order valence-electron chi connectivity index (χ0n) is 15.8. The number of rotatable bonds is 9. The second-order valence-electron chi connectivity index (χ2n) is 6.64. The van der Waals surface area contributed by atoms with E-state index in [1.54, 1.807) is 18.2 Å². The fourth-order valence-corrected chi connectivity index (χ4v) is 4.19. The van der Waals surface area contributed by atoms with Gasteiger partial charge < -0.3 is 10.1 Å². The maximum Gasteiger partial charge on any atom is 0.258 e. The minimum atomic E-state index is -3.66. The van der Waals surface area contributed by atoms with Crippen molar-refractivity contribution < 1.29 is 17.9 Å². The molecule has 29 heavy (non-hydrogen) atoms. The summed E-state index contributed by atoms with van der Waals surface area (Å²) in [5.74, 6) is -0.0133. The highest BCUT2D eigenvalue weighted by molar-refractivity contribution is 7.89. The first-order valence-electron chi connectivity index (χ1n) is 8.71. The Morgan fingerprint density at radius 3 is 2.41 bits per heavy atom. The molecule has 0 bridgehead atoms. The zero-order valence-corrected chi connectivity index (χ0v) is 18.9. The van der Waals surface area contributed by atoms with E-state index in [2.05, 4.69) is 10.0 Å². The quantitative estimate of drug-likeness (QED) is 0.562. The normalized spacial score (nSPS) is 11.5. The van der Waals surface area contributed by atoms with Crippen LogP contribution in [0.5, 0.6) is 5.75 Å². The summed E-state index contributed by atoms with van der Waals surface area (Å²) in [6, 6.07) is 9.05. The third-order valence-electron chi connectivity index (χ3n) is 3.75. The molecule has 1 amide bonds. The molecule has 0 heterocycles. The van der Waals surface area contributed by atoms with Gasteiger partial charge in [-0.15, -0.1) is 0 Å². The zero-order chi connectivity index (χ0) is 21.6. The largest absolute Gasteiger partial charge is 0.482 e. The molecular formula is C19H21Cl3N2O4S. The first kappa shape index (κ1) is 23.8. The summed E-state index contributed by atoms with van der Waals surface area (Å²) in [4.78, 5) is 12.0. The van der Waals surface area contributed by atoms with Crippen LogP contribution in [0, 0.1) is 5.92 Å². The van der Waals surface area contributed by atoms with Gasteiger partial charge in [-0.05, 0) is 41.8 Å². The molecular weight excluding hydrogens is 459 g/mol. The van der Waals surface area contributed by atoms with Crippen LogP contribution in [0.2, 0.25) is 15.1 Å². The van der Waals surface area contributed by atoms with Crippen LogP contribution in [0.1, 0.15) is 19.4 Å². The van der Waals surface area contributed by atoms with Crippen molar-refractivity contribution in [2.75, 3.05) is 13.2 Å². The minimum absolute atomic E-state index is 0.0253. The molecule has 2 rings (SSSR count). The van der Waals surface area contributed by atoms with Gasteiger partial charge in [0.15, 0.2) is 6.61 Å². The summed E-state index contributed by atoms with van der Waals surface area (Å²) >= 11 is 18.0. The monoisotopic (exact) mass is 478 g/mol. The van der Waals surface area contributed by atoms with Gasteiger partial charge in [0.05, 0.1) is 9.92 Å². The summed E-state index contributed by atoms with van der Waals surface area (Å²) in [7, 11) is -3.66. The van der Waals surface area contributed by atoms with E-state index in [0.29, 0.717) is 22.2 Å². The molecule has 0 aliphatic rings. The molecule has 0 saturated heterocycles. The Bertz CT molecular complexity index is 981. The lowest BCUT2D eigenvalue weighted by molar-refractivity contribution is -0.123. The summed E-state index contributed by atoms with van der Waals surface area (Å²) in [6.07, 6.45) is 0. The molecule has 0 aromatic heterocycles. The lowest BCUT2D eigenvalue weighted by Gasteiger charge is -2.12. The van der Waals surface area contributed by atoms with Crippen molar-refractivity contribution in [3.8, 4) is 5.75 Å². The maximum atomic E-state index is 12.2. The highest BCUT2D eigenvalue weighted by Gasteiger charge is 2.17. The van der Waals surface area contributed by atoms with Crippen molar-refractivity contribution in [1.82, 2.24) is 10.0 Å². The molecule has 0 aliphatic heterocycles. The van der Waals surface area contributed by atoms with E-state index in [4.69, 9.17) is 39.5 Å². The second kappa shape index (κ2) is 10.5. The summed E-state index contributed by atoms with van der Waals surface area (Å²) in [6.45, 7) is 4.04. The number of benzene rings is 2. The number of amides is 1. The van der Waals surface area contributed by atoms with Crippen LogP contribution in [-0.4, -0.2) is 27.5 Å². The molecule has 0 spiro atoms. The highest BCUT2D eigenvalue weighted by Crippen LogP contribution is 2.27. The van der Waals surface area contributed by atoms with Crippen molar-refractivity contribution in [2.24, 2.45) is 5.92 Å². The highest BCUT2D eigenvalue weighted by atomic mass is 35.5. The number of halogens is 3. The van der Waals surface area contributed by atoms with Gasteiger partial charge in [0.2, 0.25) is 10.0 Å². The predicted octanol–water partition coefficient (Wildman–Crippen LogP) is 4.28. The summed E-state index contributed by atoms with van der Waals surface area (Å²) in [5.41, 5.74) is 0.714. The Hall–Kier alpha value is -1.51. The van der Waals surface area contributed by atoms with Crippen LogP contribution in [-0.2, 0) is 21.4 Å². The van der Waals surface area contributed by atoms with Crippen molar-refractivity contribution in [3.05, 3.63) is 57.0 Å². The average Bonchev–Trinajstić information content (AvgIpc) is 2.64.